The number of anilines is 1. The highest BCUT2D eigenvalue weighted by Crippen LogP contribution is 2.20. The van der Waals surface area contributed by atoms with E-state index >= 15 is 0 Å². The molecule has 0 unspecified atom stereocenters. The van der Waals surface area contributed by atoms with Gasteiger partial charge in [-0.15, -0.1) is 11.8 Å². The SMILES string of the molecule is CCOC(=O)CC(=O)CSc1ccc(NC(=O)/C=C/C(=O)O)cc1. The smallest absolute Gasteiger partial charge is 0.328 e. The Balaban J connectivity index is 2.44. The van der Waals surface area contributed by atoms with Gasteiger partial charge >= 0.3 is 11.9 Å². The Morgan fingerprint density at radius 2 is 1.83 bits per heavy atom. The largest absolute Gasteiger partial charge is 0.478 e. The minimum atomic E-state index is -1.20. The molecule has 0 heterocycles. The van der Waals surface area contributed by atoms with Crippen LogP contribution in [0.3, 0.4) is 0 Å². The molecule has 0 saturated heterocycles. The van der Waals surface area contributed by atoms with Gasteiger partial charge in [0.1, 0.15) is 6.42 Å². The van der Waals surface area contributed by atoms with E-state index in [0.29, 0.717) is 5.69 Å². The first-order valence-corrected chi connectivity index (χ1v) is 8.01. The highest BCUT2D eigenvalue weighted by atomic mass is 32.2. The number of ketones is 1. The van der Waals surface area contributed by atoms with Crippen LogP contribution in [-0.2, 0) is 23.9 Å². The van der Waals surface area contributed by atoms with Crippen molar-refractivity contribution in [1.29, 1.82) is 0 Å². The Hall–Kier alpha value is -2.61. The first kappa shape index (κ1) is 19.4. The molecule has 0 bridgehead atoms. The zero-order valence-electron chi connectivity index (χ0n) is 13.0. The number of Topliss-reactive ketones (excluding diaryl/α,β-unsaturated/α-hetero) is 1. The van der Waals surface area contributed by atoms with Gasteiger partial charge in [-0.1, -0.05) is 0 Å². The average Bonchev–Trinajstić information content (AvgIpc) is 2.52. The molecular weight excluding hydrogens is 334 g/mol. The van der Waals surface area contributed by atoms with Crippen LogP contribution in [0.15, 0.2) is 41.3 Å². The Morgan fingerprint density at radius 3 is 2.42 bits per heavy atom. The summed E-state index contributed by atoms with van der Waals surface area (Å²) < 4.78 is 4.70. The summed E-state index contributed by atoms with van der Waals surface area (Å²) in [6.45, 7) is 1.92. The summed E-state index contributed by atoms with van der Waals surface area (Å²) >= 11 is 1.27. The van der Waals surface area contributed by atoms with Crippen molar-refractivity contribution in [2.45, 2.75) is 18.2 Å². The van der Waals surface area contributed by atoms with Crippen LogP contribution in [0.5, 0.6) is 0 Å². The minimum absolute atomic E-state index is 0.145. The second-order valence-corrected chi connectivity index (χ2v) is 5.54. The summed E-state index contributed by atoms with van der Waals surface area (Å²) in [5, 5.41) is 10.9. The maximum atomic E-state index is 11.6. The van der Waals surface area contributed by atoms with Crippen molar-refractivity contribution in [3.63, 3.8) is 0 Å². The van der Waals surface area contributed by atoms with Crippen LogP contribution in [0.4, 0.5) is 5.69 Å². The zero-order chi connectivity index (χ0) is 17.9. The van der Waals surface area contributed by atoms with E-state index < -0.39 is 17.8 Å². The molecule has 0 aliphatic carbocycles. The lowest BCUT2D eigenvalue weighted by molar-refractivity contribution is -0.145. The number of benzene rings is 1. The lowest BCUT2D eigenvalue weighted by atomic mass is 10.3. The summed E-state index contributed by atoms with van der Waals surface area (Å²) in [7, 11) is 0. The Morgan fingerprint density at radius 1 is 1.17 bits per heavy atom. The maximum absolute atomic E-state index is 11.6. The van der Waals surface area contributed by atoms with E-state index in [1.165, 1.54) is 11.8 Å². The first-order chi connectivity index (χ1) is 11.4. The Kier molecular flexibility index (Phi) is 8.28. The molecule has 128 valence electrons. The second-order valence-electron chi connectivity index (χ2n) is 4.49. The summed E-state index contributed by atoms with van der Waals surface area (Å²) in [5.41, 5.74) is 0.497. The predicted molar refractivity (Wildman–Crippen MR) is 88.8 cm³/mol. The summed E-state index contributed by atoms with van der Waals surface area (Å²) in [5.74, 6) is -2.37. The Labute approximate surface area is 143 Å². The average molecular weight is 351 g/mol. The lowest BCUT2D eigenvalue weighted by Gasteiger charge is -2.05. The summed E-state index contributed by atoms with van der Waals surface area (Å²) in [6, 6.07) is 6.67. The topological polar surface area (TPSA) is 110 Å². The Bertz CT molecular complexity index is 638. The number of rotatable bonds is 9. The van der Waals surface area contributed by atoms with Gasteiger partial charge in [0.25, 0.3) is 0 Å². The van der Waals surface area contributed by atoms with E-state index in [4.69, 9.17) is 9.84 Å². The van der Waals surface area contributed by atoms with Crippen LogP contribution in [0, 0.1) is 0 Å². The third kappa shape index (κ3) is 8.14. The van der Waals surface area contributed by atoms with Gasteiger partial charge in [-0.2, -0.15) is 0 Å². The van der Waals surface area contributed by atoms with E-state index in [2.05, 4.69) is 5.32 Å². The molecule has 0 spiro atoms. The number of carboxylic acids is 1. The zero-order valence-corrected chi connectivity index (χ0v) is 13.8. The first-order valence-electron chi connectivity index (χ1n) is 7.03. The third-order valence-electron chi connectivity index (χ3n) is 2.55. The van der Waals surface area contributed by atoms with Crippen LogP contribution in [-0.4, -0.2) is 41.1 Å². The molecule has 0 aromatic heterocycles. The molecule has 1 aromatic carbocycles. The van der Waals surface area contributed by atoms with Crippen molar-refractivity contribution in [3.05, 3.63) is 36.4 Å². The second kappa shape index (κ2) is 10.2. The van der Waals surface area contributed by atoms with Gasteiger partial charge in [0.05, 0.1) is 12.4 Å². The minimum Gasteiger partial charge on any atom is -0.478 e. The van der Waals surface area contributed by atoms with Crippen LogP contribution in [0.25, 0.3) is 0 Å². The molecular formula is C16H17NO6S. The molecule has 0 atom stereocenters. The standard InChI is InChI=1S/C16H17NO6S/c1-2-23-16(22)9-12(18)10-24-13-5-3-11(4-6-13)17-14(19)7-8-15(20)21/h3-8H,2,9-10H2,1H3,(H,17,19)(H,20,21)/b8-7+. The number of hydrogen-bond acceptors (Lipinski definition) is 6. The quantitative estimate of drug-likeness (QED) is 0.302. The fourth-order valence-corrected chi connectivity index (χ4v) is 2.31. The van der Waals surface area contributed by atoms with Gasteiger partial charge in [0.2, 0.25) is 5.91 Å². The molecule has 0 fully saturated rings. The molecule has 0 aliphatic rings. The molecule has 0 radical (unpaired) electrons. The van der Waals surface area contributed by atoms with E-state index in [9.17, 15) is 19.2 Å². The van der Waals surface area contributed by atoms with Gasteiger partial charge in [-0.25, -0.2) is 4.79 Å². The van der Waals surface area contributed by atoms with Gasteiger partial charge in [-0.05, 0) is 31.2 Å². The molecule has 24 heavy (non-hydrogen) atoms. The van der Waals surface area contributed by atoms with E-state index in [1.807, 2.05) is 0 Å². The molecule has 2 N–H and O–H groups in total. The monoisotopic (exact) mass is 351 g/mol. The van der Waals surface area contributed by atoms with E-state index in [0.717, 1.165) is 17.0 Å². The predicted octanol–water partition coefficient (Wildman–Crippen LogP) is 1.88. The fourth-order valence-electron chi connectivity index (χ4n) is 1.55. The van der Waals surface area contributed by atoms with Crippen molar-refractivity contribution in [2.75, 3.05) is 17.7 Å². The number of amides is 1. The number of aliphatic carboxylic acids is 1. The van der Waals surface area contributed by atoms with Crippen molar-refractivity contribution < 1.29 is 29.0 Å². The van der Waals surface area contributed by atoms with Crippen molar-refractivity contribution >= 4 is 41.1 Å². The lowest BCUT2D eigenvalue weighted by Crippen LogP contribution is -2.12. The van der Waals surface area contributed by atoms with Gasteiger partial charge in [0, 0.05) is 22.7 Å². The number of carboxylic acid groups (broad SMARTS) is 1. The summed E-state index contributed by atoms with van der Waals surface area (Å²) in [6.07, 6.45) is 1.42. The van der Waals surface area contributed by atoms with Gasteiger partial charge in [0.15, 0.2) is 5.78 Å². The molecule has 1 rings (SSSR count). The summed E-state index contributed by atoms with van der Waals surface area (Å²) in [4.78, 5) is 45.3. The third-order valence-corrected chi connectivity index (χ3v) is 3.62. The molecule has 1 aromatic rings. The van der Waals surface area contributed by atoms with E-state index in [1.54, 1.807) is 31.2 Å². The number of nitrogens with one attached hydrogen (secondary N) is 1. The highest BCUT2D eigenvalue weighted by molar-refractivity contribution is 8.00. The number of carbonyl (C=O) groups is 4. The van der Waals surface area contributed by atoms with Crippen molar-refractivity contribution in [3.8, 4) is 0 Å². The number of hydrogen-bond donors (Lipinski definition) is 2. The maximum Gasteiger partial charge on any atom is 0.328 e. The van der Waals surface area contributed by atoms with Gasteiger partial charge in [-0.3, -0.25) is 14.4 Å². The number of carbonyl (C=O) groups excluding carboxylic acids is 3. The highest BCUT2D eigenvalue weighted by Gasteiger charge is 2.10. The molecule has 1 amide bonds. The van der Waals surface area contributed by atoms with Crippen molar-refractivity contribution in [2.24, 2.45) is 0 Å². The van der Waals surface area contributed by atoms with Crippen LogP contribution in [0.2, 0.25) is 0 Å². The van der Waals surface area contributed by atoms with E-state index in [-0.39, 0.29) is 24.6 Å². The molecule has 7 nitrogen and oxygen atoms in total. The van der Waals surface area contributed by atoms with Crippen LogP contribution >= 0.6 is 11.8 Å². The van der Waals surface area contributed by atoms with Gasteiger partial charge < -0.3 is 15.2 Å². The van der Waals surface area contributed by atoms with Crippen molar-refractivity contribution in [1.82, 2.24) is 0 Å². The molecule has 0 saturated carbocycles. The van der Waals surface area contributed by atoms with Crippen LogP contribution < -0.4 is 5.32 Å². The molecule has 8 heteroatoms. The number of ether oxygens (including phenoxy) is 1. The number of thioether (sulfide) groups is 1. The normalized spacial score (nSPS) is 10.4. The fraction of sp³-hybridized carbons (Fsp3) is 0.250. The number of esters is 1. The molecule has 0 aliphatic heterocycles. The van der Waals surface area contributed by atoms with Crippen LogP contribution in [0.1, 0.15) is 13.3 Å².